The zero-order valence-electron chi connectivity index (χ0n) is 16.7. The van der Waals surface area contributed by atoms with Crippen LogP contribution >= 0.6 is 11.8 Å². The molecule has 0 aliphatic carbocycles. The zero-order valence-corrected chi connectivity index (χ0v) is 17.5. The molecule has 1 unspecified atom stereocenters. The topological polar surface area (TPSA) is 77.0 Å². The van der Waals surface area contributed by atoms with E-state index in [1.807, 2.05) is 24.8 Å². The summed E-state index contributed by atoms with van der Waals surface area (Å²) in [5, 5.41) is 15.4. The maximum atomic E-state index is 12.2. The van der Waals surface area contributed by atoms with Crippen LogP contribution in [0, 0.1) is 5.92 Å². The van der Waals surface area contributed by atoms with E-state index < -0.39 is 0 Å². The van der Waals surface area contributed by atoms with Crippen molar-refractivity contribution in [3.8, 4) is 5.75 Å². The van der Waals surface area contributed by atoms with Crippen LogP contribution in [0.3, 0.4) is 0 Å². The normalized spacial score (nSPS) is 16.7. The summed E-state index contributed by atoms with van der Waals surface area (Å²) in [7, 11) is 0. The number of thioether (sulfide) groups is 1. The number of rotatable bonds is 7. The van der Waals surface area contributed by atoms with Gasteiger partial charge in [0.05, 0.1) is 0 Å². The zero-order chi connectivity index (χ0) is 20.5. The number of carbonyl (C=O) groups is 1. The van der Waals surface area contributed by atoms with E-state index in [1.165, 1.54) is 4.90 Å². The van der Waals surface area contributed by atoms with Crippen molar-refractivity contribution in [3.05, 3.63) is 54.6 Å². The summed E-state index contributed by atoms with van der Waals surface area (Å²) in [6.07, 6.45) is 1.13. The molecule has 1 aliphatic rings. The lowest BCUT2D eigenvalue weighted by Crippen LogP contribution is -2.40. The summed E-state index contributed by atoms with van der Waals surface area (Å²) in [6.45, 7) is 4.75. The summed E-state index contributed by atoms with van der Waals surface area (Å²) < 4.78 is 0. The van der Waals surface area contributed by atoms with Gasteiger partial charge in [-0.3, -0.25) is 4.79 Å². The van der Waals surface area contributed by atoms with Gasteiger partial charge in [-0.1, -0.05) is 18.2 Å². The molecule has 6 nitrogen and oxygen atoms in total. The van der Waals surface area contributed by atoms with Gasteiger partial charge < -0.3 is 20.6 Å². The van der Waals surface area contributed by atoms with Gasteiger partial charge in [0.2, 0.25) is 5.91 Å². The molecule has 1 saturated heterocycles. The molecule has 1 amide bonds. The first-order valence-corrected chi connectivity index (χ1v) is 10.9. The number of aromatic hydroxyl groups is 1. The van der Waals surface area contributed by atoms with Crippen LogP contribution in [0.5, 0.6) is 5.75 Å². The first kappa shape index (κ1) is 21.0. The molecule has 0 aromatic heterocycles. The SMILES string of the molecule is CCNC(=NCC(=O)Nc1ccc(O)cc1)N1CCC(CSc2ccccc2)C1. The summed E-state index contributed by atoms with van der Waals surface area (Å²) in [6, 6.07) is 16.9. The van der Waals surface area contributed by atoms with E-state index >= 15 is 0 Å². The maximum Gasteiger partial charge on any atom is 0.246 e. The summed E-state index contributed by atoms with van der Waals surface area (Å²) in [5.74, 6) is 2.47. The maximum absolute atomic E-state index is 12.2. The van der Waals surface area contributed by atoms with Crippen LogP contribution in [0.1, 0.15) is 13.3 Å². The first-order chi connectivity index (χ1) is 14.1. The van der Waals surface area contributed by atoms with Crippen molar-refractivity contribution in [1.82, 2.24) is 10.2 Å². The van der Waals surface area contributed by atoms with E-state index in [-0.39, 0.29) is 18.2 Å². The lowest BCUT2D eigenvalue weighted by atomic mass is 10.2. The molecule has 154 valence electrons. The number of likely N-dealkylation sites (tertiary alicyclic amines) is 1. The molecule has 1 aliphatic heterocycles. The molecule has 7 heteroatoms. The third kappa shape index (κ3) is 6.71. The number of guanidine groups is 1. The van der Waals surface area contributed by atoms with Crippen molar-refractivity contribution in [2.24, 2.45) is 10.9 Å². The van der Waals surface area contributed by atoms with Crippen molar-refractivity contribution >= 4 is 29.3 Å². The average molecular weight is 413 g/mol. The number of aliphatic imine (C=N–C) groups is 1. The Hall–Kier alpha value is -2.67. The fourth-order valence-electron chi connectivity index (χ4n) is 3.21. The molecule has 0 spiro atoms. The van der Waals surface area contributed by atoms with E-state index in [2.05, 4.69) is 44.8 Å². The predicted octanol–water partition coefficient (Wildman–Crippen LogP) is 3.41. The second kappa shape index (κ2) is 10.8. The minimum Gasteiger partial charge on any atom is -0.508 e. The number of phenols is 1. The highest BCUT2D eigenvalue weighted by molar-refractivity contribution is 7.99. The molecule has 3 rings (SSSR count). The van der Waals surface area contributed by atoms with E-state index in [0.717, 1.165) is 37.8 Å². The van der Waals surface area contributed by atoms with E-state index in [1.54, 1.807) is 24.3 Å². The van der Waals surface area contributed by atoms with E-state index in [9.17, 15) is 9.90 Å². The van der Waals surface area contributed by atoms with Crippen molar-refractivity contribution in [1.29, 1.82) is 0 Å². The quantitative estimate of drug-likeness (QED) is 0.281. The Morgan fingerprint density at radius 3 is 2.69 bits per heavy atom. The first-order valence-electron chi connectivity index (χ1n) is 9.94. The number of benzene rings is 2. The number of carbonyl (C=O) groups excluding carboxylic acids is 1. The molecular formula is C22H28N4O2S. The molecule has 1 atom stereocenters. The molecular weight excluding hydrogens is 384 g/mol. The number of phenolic OH excluding ortho intramolecular Hbond substituents is 1. The van der Waals surface area contributed by atoms with Gasteiger partial charge in [-0.2, -0.15) is 0 Å². The minimum absolute atomic E-state index is 0.0587. The smallest absolute Gasteiger partial charge is 0.246 e. The van der Waals surface area contributed by atoms with Gasteiger partial charge in [-0.25, -0.2) is 4.99 Å². The number of nitrogens with one attached hydrogen (secondary N) is 2. The van der Waals surface area contributed by atoms with Gasteiger partial charge in [0.1, 0.15) is 12.3 Å². The number of hydrogen-bond donors (Lipinski definition) is 3. The second-order valence-electron chi connectivity index (χ2n) is 6.99. The third-order valence-corrected chi connectivity index (χ3v) is 5.92. The van der Waals surface area contributed by atoms with Crippen molar-refractivity contribution < 1.29 is 9.90 Å². The van der Waals surface area contributed by atoms with Crippen LogP contribution in [0.4, 0.5) is 5.69 Å². The molecule has 1 fully saturated rings. The standard InChI is InChI=1S/C22H28N4O2S/c1-2-23-22(24-14-21(28)25-18-8-10-19(27)11-9-18)26-13-12-17(15-26)16-29-20-6-4-3-5-7-20/h3-11,17,27H,2,12-16H2,1H3,(H,23,24)(H,25,28). The van der Waals surface area contributed by atoms with Crippen molar-refractivity contribution in [2.45, 2.75) is 18.2 Å². The predicted molar refractivity (Wildman–Crippen MR) is 120 cm³/mol. The molecule has 0 bridgehead atoms. The number of hydrogen-bond acceptors (Lipinski definition) is 4. The van der Waals surface area contributed by atoms with Crippen LogP contribution in [-0.2, 0) is 4.79 Å². The van der Waals surface area contributed by atoms with Crippen LogP contribution in [0.25, 0.3) is 0 Å². The van der Waals surface area contributed by atoms with E-state index in [0.29, 0.717) is 11.6 Å². The highest BCUT2D eigenvalue weighted by Crippen LogP contribution is 2.25. The molecule has 3 N–H and O–H groups in total. The minimum atomic E-state index is -0.179. The average Bonchev–Trinajstić information content (AvgIpc) is 3.21. The van der Waals surface area contributed by atoms with Gasteiger partial charge in [-0.15, -0.1) is 11.8 Å². The summed E-state index contributed by atoms with van der Waals surface area (Å²) >= 11 is 1.90. The summed E-state index contributed by atoms with van der Waals surface area (Å²) in [5.41, 5.74) is 0.646. The Labute approximate surface area is 176 Å². The number of nitrogens with zero attached hydrogens (tertiary/aromatic N) is 2. The Kier molecular flexibility index (Phi) is 7.81. The summed E-state index contributed by atoms with van der Waals surface area (Å²) in [4.78, 5) is 20.3. The fraction of sp³-hybridized carbons (Fsp3) is 0.364. The third-order valence-electron chi connectivity index (χ3n) is 4.67. The van der Waals surface area contributed by atoms with Gasteiger partial charge in [0, 0.05) is 36.0 Å². The lowest BCUT2D eigenvalue weighted by molar-refractivity contribution is -0.114. The number of amides is 1. The second-order valence-corrected chi connectivity index (χ2v) is 8.08. The Morgan fingerprint density at radius 2 is 1.97 bits per heavy atom. The van der Waals surface area contributed by atoms with Crippen molar-refractivity contribution in [3.63, 3.8) is 0 Å². The van der Waals surface area contributed by atoms with Gasteiger partial charge in [-0.05, 0) is 55.7 Å². The molecule has 2 aromatic carbocycles. The van der Waals surface area contributed by atoms with Gasteiger partial charge in [0.15, 0.2) is 5.96 Å². The molecule has 0 radical (unpaired) electrons. The van der Waals surface area contributed by atoms with Crippen LogP contribution < -0.4 is 10.6 Å². The molecule has 2 aromatic rings. The van der Waals surface area contributed by atoms with Crippen LogP contribution in [0.2, 0.25) is 0 Å². The Balaban J connectivity index is 1.50. The fourth-order valence-corrected chi connectivity index (χ4v) is 4.26. The van der Waals surface area contributed by atoms with Crippen LogP contribution in [0.15, 0.2) is 64.5 Å². The van der Waals surface area contributed by atoms with Crippen molar-refractivity contribution in [2.75, 3.05) is 37.2 Å². The Bertz CT molecular complexity index is 811. The largest absolute Gasteiger partial charge is 0.508 e. The highest BCUT2D eigenvalue weighted by Gasteiger charge is 2.25. The molecule has 29 heavy (non-hydrogen) atoms. The van der Waals surface area contributed by atoms with Gasteiger partial charge in [0.25, 0.3) is 0 Å². The Morgan fingerprint density at radius 1 is 1.21 bits per heavy atom. The van der Waals surface area contributed by atoms with E-state index in [4.69, 9.17) is 0 Å². The van der Waals surface area contributed by atoms with Gasteiger partial charge >= 0.3 is 0 Å². The van der Waals surface area contributed by atoms with Crippen LogP contribution in [-0.4, -0.2) is 53.8 Å². The molecule has 1 heterocycles. The highest BCUT2D eigenvalue weighted by atomic mass is 32.2. The molecule has 0 saturated carbocycles. The number of anilines is 1. The monoisotopic (exact) mass is 412 g/mol. The lowest BCUT2D eigenvalue weighted by Gasteiger charge is -2.21.